The molecule has 0 unspecified atom stereocenters. The lowest BCUT2D eigenvalue weighted by Crippen LogP contribution is -1.94. The van der Waals surface area contributed by atoms with E-state index in [9.17, 15) is 0 Å². The van der Waals surface area contributed by atoms with Gasteiger partial charge < -0.3 is 4.74 Å². The van der Waals surface area contributed by atoms with E-state index in [1.54, 1.807) is 12.4 Å². The molecule has 1 aromatic carbocycles. The Balaban J connectivity index is 1.98. The van der Waals surface area contributed by atoms with Crippen molar-refractivity contribution < 1.29 is 4.74 Å². The summed E-state index contributed by atoms with van der Waals surface area (Å²) in [5.74, 6) is 0.770. The first kappa shape index (κ1) is 8.81. The third-order valence-electron chi connectivity index (χ3n) is 1.96. The highest BCUT2D eigenvalue weighted by atomic mass is 16.5. The first-order valence-electron chi connectivity index (χ1n) is 4.52. The summed E-state index contributed by atoms with van der Waals surface area (Å²) in [6.45, 7) is 2.66. The molecule has 0 fully saturated rings. The van der Waals surface area contributed by atoms with Crippen LogP contribution in [-0.4, -0.2) is 10.2 Å². The maximum absolute atomic E-state index is 5.49. The van der Waals surface area contributed by atoms with Crippen LogP contribution in [0.15, 0.2) is 36.7 Å². The van der Waals surface area contributed by atoms with Crippen molar-refractivity contribution >= 4 is 0 Å². The van der Waals surface area contributed by atoms with Crippen LogP contribution in [0.25, 0.3) is 0 Å². The molecule has 0 atom stereocenters. The maximum Gasteiger partial charge on any atom is 0.157 e. The van der Waals surface area contributed by atoms with Crippen LogP contribution >= 0.6 is 0 Å². The van der Waals surface area contributed by atoms with Crippen molar-refractivity contribution in [1.29, 1.82) is 0 Å². The van der Waals surface area contributed by atoms with Crippen LogP contribution in [0.4, 0.5) is 0 Å². The number of H-pyrrole nitrogens is 1. The number of hydrogen-bond donors (Lipinski definition) is 1. The Morgan fingerprint density at radius 3 is 3.07 bits per heavy atom. The molecule has 0 saturated carbocycles. The summed E-state index contributed by atoms with van der Waals surface area (Å²) in [6.07, 6.45) is 3.39. The predicted octanol–water partition coefficient (Wildman–Crippen LogP) is 2.30. The van der Waals surface area contributed by atoms with Crippen LogP contribution in [0.5, 0.6) is 5.75 Å². The Hall–Kier alpha value is -1.77. The van der Waals surface area contributed by atoms with E-state index in [1.807, 2.05) is 12.1 Å². The molecule has 1 N–H and O–H groups in total. The van der Waals surface area contributed by atoms with Gasteiger partial charge in [-0.05, 0) is 12.5 Å². The lowest BCUT2D eigenvalue weighted by Gasteiger charge is -2.03. The Bertz CT molecular complexity index is 395. The molecule has 14 heavy (non-hydrogen) atoms. The number of aromatic nitrogens is 2. The molecule has 0 spiro atoms. The van der Waals surface area contributed by atoms with Gasteiger partial charge in [-0.1, -0.05) is 29.8 Å². The van der Waals surface area contributed by atoms with Gasteiger partial charge in [0.1, 0.15) is 6.61 Å². The molecule has 3 heteroatoms. The number of benzene rings is 1. The fourth-order valence-corrected chi connectivity index (χ4v) is 1.29. The van der Waals surface area contributed by atoms with Gasteiger partial charge in [0.2, 0.25) is 0 Å². The third-order valence-corrected chi connectivity index (χ3v) is 1.96. The minimum Gasteiger partial charge on any atom is -0.486 e. The van der Waals surface area contributed by atoms with E-state index in [4.69, 9.17) is 4.74 Å². The van der Waals surface area contributed by atoms with Crippen molar-refractivity contribution in [2.45, 2.75) is 13.5 Å². The average Bonchev–Trinajstić information content (AvgIpc) is 2.67. The zero-order valence-electron chi connectivity index (χ0n) is 8.03. The lowest BCUT2D eigenvalue weighted by molar-refractivity contribution is 0.306. The zero-order chi connectivity index (χ0) is 9.80. The quantitative estimate of drug-likeness (QED) is 0.802. The topological polar surface area (TPSA) is 37.9 Å². The number of ether oxygens (including phenoxy) is 1. The number of hydrogen-bond acceptors (Lipinski definition) is 2. The van der Waals surface area contributed by atoms with E-state index < -0.39 is 0 Å². The summed E-state index contributed by atoms with van der Waals surface area (Å²) in [4.78, 5) is 0. The highest BCUT2D eigenvalue weighted by molar-refractivity contribution is 5.22. The van der Waals surface area contributed by atoms with E-state index in [0.29, 0.717) is 6.61 Å². The van der Waals surface area contributed by atoms with Crippen molar-refractivity contribution in [3.8, 4) is 5.75 Å². The average molecular weight is 188 g/mol. The Labute approximate surface area is 82.7 Å². The summed E-state index contributed by atoms with van der Waals surface area (Å²) in [5, 5.41) is 6.50. The van der Waals surface area contributed by atoms with Crippen molar-refractivity contribution in [3.05, 3.63) is 47.8 Å². The first-order chi connectivity index (χ1) is 6.84. The summed E-state index contributed by atoms with van der Waals surface area (Å²) in [6, 6.07) is 8.26. The van der Waals surface area contributed by atoms with Gasteiger partial charge in [0.25, 0.3) is 0 Å². The Morgan fingerprint density at radius 1 is 1.43 bits per heavy atom. The van der Waals surface area contributed by atoms with Crippen LogP contribution in [0.2, 0.25) is 0 Å². The summed E-state index contributed by atoms with van der Waals surface area (Å²) < 4.78 is 5.49. The Kier molecular flexibility index (Phi) is 2.49. The number of nitrogens with zero attached hydrogens (tertiary/aromatic N) is 1. The second kappa shape index (κ2) is 3.96. The highest BCUT2D eigenvalue weighted by Crippen LogP contribution is 2.10. The fourth-order valence-electron chi connectivity index (χ4n) is 1.29. The second-order valence-corrected chi connectivity index (χ2v) is 3.21. The van der Waals surface area contributed by atoms with Crippen LogP contribution in [0, 0.1) is 6.92 Å². The van der Waals surface area contributed by atoms with Gasteiger partial charge in [-0.25, -0.2) is 0 Å². The molecule has 0 aliphatic carbocycles. The molecule has 72 valence electrons. The number of nitrogens with one attached hydrogen (secondary N) is 1. The van der Waals surface area contributed by atoms with Crippen molar-refractivity contribution in [3.63, 3.8) is 0 Å². The monoisotopic (exact) mass is 188 g/mol. The van der Waals surface area contributed by atoms with Crippen molar-refractivity contribution in [2.24, 2.45) is 0 Å². The SMILES string of the molecule is Cc1cccc(COc2cn[nH]c2)c1. The van der Waals surface area contributed by atoms with Crippen LogP contribution in [-0.2, 0) is 6.61 Å². The lowest BCUT2D eigenvalue weighted by atomic mass is 10.1. The molecule has 0 saturated heterocycles. The summed E-state index contributed by atoms with van der Waals surface area (Å²) in [7, 11) is 0. The smallest absolute Gasteiger partial charge is 0.157 e. The highest BCUT2D eigenvalue weighted by Gasteiger charge is 1.96. The van der Waals surface area contributed by atoms with Crippen molar-refractivity contribution in [2.75, 3.05) is 0 Å². The van der Waals surface area contributed by atoms with Crippen LogP contribution < -0.4 is 4.74 Å². The molecule has 2 rings (SSSR count). The van der Waals surface area contributed by atoms with Crippen LogP contribution in [0.1, 0.15) is 11.1 Å². The zero-order valence-corrected chi connectivity index (χ0v) is 8.03. The molecule has 1 heterocycles. The van der Waals surface area contributed by atoms with Gasteiger partial charge in [0, 0.05) is 0 Å². The fraction of sp³-hybridized carbons (Fsp3) is 0.182. The molecule has 1 aromatic heterocycles. The minimum atomic E-state index is 0.585. The van der Waals surface area contributed by atoms with E-state index >= 15 is 0 Å². The normalized spacial score (nSPS) is 10.1. The van der Waals surface area contributed by atoms with Crippen LogP contribution in [0.3, 0.4) is 0 Å². The number of rotatable bonds is 3. The van der Waals surface area contributed by atoms with Gasteiger partial charge in [0.15, 0.2) is 5.75 Å². The minimum absolute atomic E-state index is 0.585. The van der Waals surface area contributed by atoms with E-state index in [0.717, 1.165) is 5.75 Å². The summed E-state index contributed by atoms with van der Waals surface area (Å²) in [5.41, 5.74) is 2.42. The van der Waals surface area contributed by atoms with Gasteiger partial charge in [0.05, 0.1) is 12.4 Å². The molecular weight excluding hydrogens is 176 g/mol. The third kappa shape index (κ3) is 2.13. The molecule has 0 bridgehead atoms. The van der Waals surface area contributed by atoms with E-state index in [-0.39, 0.29) is 0 Å². The molecule has 3 nitrogen and oxygen atoms in total. The number of aromatic amines is 1. The summed E-state index contributed by atoms with van der Waals surface area (Å²) >= 11 is 0. The van der Waals surface area contributed by atoms with E-state index in [1.165, 1.54) is 11.1 Å². The van der Waals surface area contributed by atoms with Crippen molar-refractivity contribution in [1.82, 2.24) is 10.2 Å². The second-order valence-electron chi connectivity index (χ2n) is 3.21. The first-order valence-corrected chi connectivity index (χ1v) is 4.52. The molecule has 0 aliphatic heterocycles. The van der Waals surface area contributed by atoms with Gasteiger partial charge in [-0.3, -0.25) is 5.10 Å². The predicted molar refractivity (Wildman–Crippen MR) is 54.1 cm³/mol. The molecule has 0 radical (unpaired) electrons. The standard InChI is InChI=1S/C11H12N2O/c1-9-3-2-4-10(5-9)8-14-11-6-12-13-7-11/h2-7H,8H2,1H3,(H,12,13). The van der Waals surface area contributed by atoms with Gasteiger partial charge in [-0.2, -0.15) is 5.10 Å². The molecular formula is C11H12N2O. The largest absolute Gasteiger partial charge is 0.486 e. The van der Waals surface area contributed by atoms with Gasteiger partial charge in [-0.15, -0.1) is 0 Å². The molecule has 0 amide bonds. The molecule has 0 aliphatic rings. The number of aryl methyl sites for hydroxylation is 1. The van der Waals surface area contributed by atoms with Gasteiger partial charge >= 0.3 is 0 Å². The maximum atomic E-state index is 5.49. The Morgan fingerprint density at radius 2 is 2.36 bits per heavy atom. The van der Waals surface area contributed by atoms with E-state index in [2.05, 4.69) is 29.3 Å². The molecule has 2 aromatic rings.